The molecule has 0 aromatic rings. The van der Waals surface area contributed by atoms with Gasteiger partial charge < -0.3 is 19.3 Å². The van der Waals surface area contributed by atoms with Crippen LogP contribution in [0.2, 0.25) is 0 Å². The molecule has 0 aliphatic carbocycles. The average Bonchev–Trinajstić information content (AvgIpc) is 3.05. The van der Waals surface area contributed by atoms with E-state index in [0.29, 0.717) is 25.7 Å². The monoisotopic (exact) mass is 668 g/mol. The van der Waals surface area contributed by atoms with Gasteiger partial charge in [0.25, 0.3) is 0 Å². The highest BCUT2D eigenvalue weighted by Gasteiger charge is 2.22. The summed E-state index contributed by atoms with van der Waals surface area (Å²) in [6.45, 7) is -1.71. The van der Waals surface area contributed by atoms with E-state index in [1.165, 1.54) is 51.4 Å². The Morgan fingerprint density at radius 1 is 0.689 bits per heavy atom. The smallest absolute Gasteiger partial charge is 0.462 e. The molecule has 1 atom stereocenters. The molecule has 0 spiro atoms. The second kappa shape index (κ2) is 32.7. The van der Waals surface area contributed by atoms with Gasteiger partial charge in [-0.05, 0) is 38.5 Å². The Kier molecular flexibility index (Phi) is 23.5. The average molecular weight is 668 g/mol. The molecule has 0 saturated carbocycles. The maximum Gasteiger partial charge on any atom is 0.469 e. The molecule has 266 valence electrons. The number of phosphoric acid groups is 1. The summed E-state index contributed by atoms with van der Waals surface area (Å²) in [6.07, 6.45) is 20.0. The number of phosphoric ester groups is 1. The lowest BCUT2D eigenvalue weighted by Gasteiger charge is -2.18. The van der Waals surface area contributed by atoms with E-state index in [0.717, 1.165) is 64.2 Å². The van der Waals surface area contributed by atoms with Gasteiger partial charge in [-0.15, -0.1) is 0 Å². The van der Waals surface area contributed by atoms with Crippen LogP contribution < -0.4 is 0 Å². The molecule has 45 heavy (non-hydrogen) atoms. The van der Waals surface area contributed by atoms with Crippen LogP contribution in [0.1, 0.15) is 197 Å². The number of unbranched alkanes of at least 4 members (excludes halogenated alkanes) is 19. The van der Waals surface area contributed by atoms with Crippen molar-refractivity contribution >= 4 is 19.8 Å². The molecular formula is C36H69O8P. The summed E-state index contributed by atoms with van der Waals surface area (Å²) < 4.78 is 79.0. The van der Waals surface area contributed by atoms with Crippen LogP contribution in [0.25, 0.3) is 0 Å². The van der Waals surface area contributed by atoms with Crippen molar-refractivity contribution in [2.45, 2.75) is 193 Å². The van der Waals surface area contributed by atoms with Crippen LogP contribution in [-0.2, 0) is 28.2 Å². The molecule has 0 radical (unpaired) electrons. The predicted octanol–water partition coefficient (Wildman–Crippen LogP) is 10.7. The van der Waals surface area contributed by atoms with Gasteiger partial charge in [0.15, 0.2) is 6.10 Å². The zero-order valence-corrected chi connectivity index (χ0v) is 29.0. The van der Waals surface area contributed by atoms with Crippen LogP contribution in [0.4, 0.5) is 0 Å². The van der Waals surface area contributed by atoms with Crippen molar-refractivity contribution in [3.63, 3.8) is 0 Å². The minimum Gasteiger partial charge on any atom is -0.462 e. The molecule has 0 aliphatic rings. The molecule has 0 heterocycles. The first-order valence-electron chi connectivity index (χ1n) is 21.1. The fraction of sp³-hybridized carbons (Fsp3) is 0.889. The Morgan fingerprint density at radius 3 is 1.67 bits per heavy atom. The lowest BCUT2D eigenvalue weighted by Crippen LogP contribution is -2.29. The molecule has 0 fully saturated rings. The normalized spacial score (nSPS) is 15.8. The Hall–Kier alpha value is -1.21. The first-order valence-corrected chi connectivity index (χ1v) is 19.2. The summed E-state index contributed by atoms with van der Waals surface area (Å²) >= 11 is 0. The standard InChI is InChI=1S/C36H69O8P/c1-3-5-7-9-11-13-15-17-18-19-21-23-25-27-29-31-36(38)44-34(33-43-45(39,40)41)32-42-35(37)30-28-26-24-22-20-16-14-12-10-8-6-4-2/h17-18,34H,3-16,19-33H2,1-2H3,(H2,39,40,41)/b18-17+/t34-/m1/s1/i1D3,3D2,5D2. The van der Waals surface area contributed by atoms with Gasteiger partial charge in [0.2, 0.25) is 0 Å². The molecule has 8 nitrogen and oxygen atoms in total. The van der Waals surface area contributed by atoms with Crippen LogP contribution in [-0.4, -0.2) is 41.0 Å². The largest absolute Gasteiger partial charge is 0.469 e. The number of rotatable bonds is 34. The van der Waals surface area contributed by atoms with E-state index in [2.05, 4.69) is 23.6 Å². The third-order valence-corrected chi connectivity index (χ3v) is 8.06. The van der Waals surface area contributed by atoms with Crippen molar-refractivity contribution in [1.82, 2.24) is 0 Å². The number of ether oxygens (including phenoxy) is 2. The maximum absolute atomic E-state index is 12.4. The molecule has 0 amide bonds. The van der Waals surface area contributed by atoms with Crippen molar-refractivity contribution in [3.05, 3.63) is 12.2 Å². The summed E-state index contributed by atoms with van der Waals surface area (Å²) in [5.74, 6) is -0.997. The van der Waals surface area contributed by atoms with Gasteiger partial charge in [0, 0.05) is 22.4 Å². The molecule has 9 heteroatoms. The lowest BCUT2D eigenvalue weighted by atomic mass is 10.0. The predicted molar refractivity (Wildman–Crippen MR) is 184 cm³/mol. The van der Waals surface area contributed by atoms with Crippen LogP contribution in [0.3, 0.4) is 0 Å². The van der Waals surface area contributed by atoms with Gasteiger partial charge >= 0.3 is 19.8 Å². The maximum atomic E-state index is 12.4. The molecule has 0 rings (SSSR count). The van der Waals surface area contributed by atoms with Gasteiger partial charge in [-0.25, -0.2) is 4.57 Å². The summed E-state index contributed by atoms with van der Waals surface area (Å²) in [5.41, 5.74) is 0. The number of hydrogen-bond acceptors (Lipinski definition) is 6. The highest BCUT2D eigenvalue weighted by Crippen LogP contribution is 2.36. The van der Waals surface area contributed by atoms with Crippen LogP contribution in [0.5, 0.6) is 0 Å². The number of carbonyl (C=O) groups is 2. The zero-order valence-electron chi connectivity index (χ0n) is 35.1. The van der Waals surface area contributed by atoms with Crippen LogP contribution in [0, 0.1) is 0 Å². The van der Waals surface area contributed by atoms with E-state index in [1.807, 2.05) is 0 Å². The van der Waals surface area contributed by atoms with E-state index in [1.54, 1.807) is 0 Å². The van der Waals surface area contributed by atoms with E-state index < -0.39 is 52.1 Å². The van der Waals surface area contributed by atoms with Gasteiger partial charge in [-0.3, -0.25) is 14.1 Å². The highest BCUT2D eigenvalue weighted by molar-refractivity contribution is 7.46. The first-order chi connectivity index (χ1) is 24.4. The lowest BCUT2D eigenvalue weighted by molar-refractivity contribution is -0.161. The number of allylic oxidation sites excluding steroid dienone is 2. The Balaban J connectivity index is 4.07. The summed E-state index contributed by atoms with van der Waals surface area (Å²) in [4.78, 5) is 42.7. The van der Waals surface area contributed by atoms with Crippen molar-refractivity contribution in [2.75, 3.05) is 13.2 Å². The summed E-state index contributed by atoms with van der Waals surface area (Å²) in [6, 6.07) is 0. The fourth-order valence-corrected chi connectivity index (χ4v) is 5.28. The summed E-state index contributed by atoms with van der Waals surface area (Å²) in [5, 5.41) is 0. The fourth-order valence-electron chi connectivity index (χ4n) is 4.92. The Morgan fingerprint density at radius 2 is 1.16 bits per heavy atom. The highest BCUT2D eigenvalue weighted by atomic mass is 31.2. The minimum absolute atomic E-state index is 0.126. The summed E-state index contributed by atoms with van der Waals surface area (Å²) in [7, 11) is -4.80. The number of esters is 2. The van der Waals surface area contributed by atoms with Gasteiger partial charge in [-0.2, -0.15) is 0 Å². The number of carbonyl (C=O) groups excluding carboxylic acids is 2. The third-order valence-electron chi connectivity index (χ3n) is 7.57. The van der Waals surface area contributed by atoms with E-state index >= 15 is 0 Å². The van der Waals surface area contributed by atoms with Crippen molar-refractivity contribution in [3.8, 4) is 0 Å². The molecule has 0 aromatic heterocycles. The molecule has 2 N–H and O–H groups in total. The van der Waals surface area contributed by atoms with Gasteiger partial charge in [0.05, 0.1) is 6.61 Å². The molecular weight excluding hydrogens is 591 g/mol. The van der Waals surface area contributed by atoms with E-state index in [4.69, 9.17) is 28.9 Å². The van der Waals surface area contributed by atoms with E-state index in [-0.39, 0.29) is 25.9 Å². The molecule has 0 saturated heterocycles. The molecule has 0 aromatic carbocycles. The Bertz CT molecular complexity index is 1010. The second-order valence-electron chi connectivity index (χ2n) is 11.9. The minimum atomic E-state index is -4.80. The topological polar surface area (TPSA) is 119 Å². The third kappa shape index (κ3) is 35.5. The second-order valence-corrected chi connectivity index (χ2v) is 13.1. The van der Waals surface area contributed by atoms with Crippen molar-refractivity contribution in [2.24, 2.45) is 0 Å². The zero-order chi connectivity index (χ0) is 39.4. The molecule has 0 aliphatic heterocycles. The van der Waals surface area contributed by atoms with E-state index in [9.17, 15) is 14.2 Å². The van der Waals surface area contributed by atoms with Crippen LogP contribution in [0.15, 0.2) is 12.2 Å². The van der Waals surface area contributed by atoms with Crippen molar-refractivity contribution < 1.29 is 47.5 Å². The quantitative estimate of drug-likeness (QED) is 0.0301. The molecule has 0 unspecified atom stereocenters. The first kappa shape index (κ1) is 32.3. The van der Waals surface area contributed by atoms with Gasteiger partial charge in [0.1, 0.15) is 6.61 Å². The van der Waals surface area contributed by atoms with Crippen molar-refractivity contribution in [1.29, 1.82) is 0 Å². The van der Waals surface area contributed by atoms with Gasteiger partial charge in [-0.1, -0.05) is 148 Å². The SMILES string of the molecule is [2H]C([2H])([2H])C([2H])([2H])C([2H])([2H])CCCCC/C=C/CCCCCCCC(=O)O[C@H](COC(=O)CCCCCCCCCCCCCC)COP(=O)(O)O. The molecule has 0 bridgehead atoms. The van der Waals surface area contributed by atoms with Crippen LogP contribution >= 0.6 is 7.82 Å². The number of hydrogen-bond donors (Lipinski definition) is 2. The Labute approximate surface area is 285 Å².